The molecule has 0 spiro atoms. The third kappa shape index (κ3) is 7.05. The number of esters is 1. The van der Waals surface area contributed by atoms with Gasteiger partial charge in [0, 0.05) is 31.7 Å². The summed E-state index contributed by atoms with van der Waals surface area (Å²) in [4.78, 5) is 29.6. The maximum atomic E-state index is 12.9. The van der Waals surface area contributed by atoms with Crippen LogP contribution in [0.5, 0.6) is 5.75 Å². The molecule has 1 saturated heterocycles. The smallest absolute Gasteiger partial charge is 0.337 e. The van der Waals surface area contributed by atoms with Gasteiger partial charge in [0.1, 0.15) is 12.4 Å². The Morgan fingerprint density at radius 2 is 1.68 bits per heavy atom. The first-order valence-corrected chi connectivity index (χ1v) is 12.4. The fourth-order valence-electron chi connectivity index (χ4n) is 4.00. The fraction of sp³-hybridized carbons (Fsp3) is 0.250. The number of benzene rings is 3. The van der Waals surface area contributed by atoms with Gasteiger partial charge in [0.25, 0.3) is 5.91 Å². The van der Waals surface area contributed by atoms with E-state index in [1.54, 1.807) is 36.4 Å². The van der Waals surface area contributed by atoms with Crippen LogP contribution < -0.4 is 20.3 Å². The first kappa shape index (κ1) is 26.1. The Morgan fingerprint density at radius 1 is 0.919 bits per heavy atom. The van der Waals surface area contributed by atoms with Crippen molar-refractivity contribution in [3.8, 4) is 5.75 Å². The van der Waals surface area contributed by atoms with E-state index in [0.29, 0.717) is 29.2 Å². The van der Waals surface area contributed by atoms with Gasteiger partial charge in [-0.2, -0.15) is 0 Å². The topological polar surface area (TPSA) is 83.1 Å². The molecule has 1 aliphatic rings. The molecule has 1 fully saturated rings. The molecule has 37 heavy (non-hydrogen) atoms. The summed E-state index contributed by atoms with van der Waals surface area (Å²) in [6, 6.07) is 22.0. The number of carbonyl (C=O) groups is 2. The number of piperazine rings is 1. The van der Waals surface area contributed by atoms with E-state index in [0.717, 1.165) is 37.4 Å². The second-order valence-electron chi connectivity index (χ2n) is 8.72. The zero-order valence-electron chi connectivity index (χ0n) is 20.9. The van der Waals surface area contributed by atoms with Crippen LogP contribution in [0.15, 0.2) is 72.8 Å². The molecule has 0 unspecified atom stereocenters. The normalized spacial score (nSPS) is 13.5. The van der Waals surface area contributed by atoms with Crippen LogP contribution in [0.4, 0.5) is 11.4 Å². The number of amides is 1. The minimum Gasteiger partial charge on any atom is -0.489 e. The summed E-state index contributed by atoms with van der Waals surface area (Å²) in [5, 5.41) is 5.96. The van der Waals surface area contributed by atoms with Crippen LogP contribution >= 0.6 is 12.2 Å². The van der Waals surface area contributed by atoms with Gasteiger partial charge in [0.15, 0.2) is 5.11 Å². The van der Waals surface area contributed by atoms with E-state index in [-0.39, 0.29) is 11.0 Å². The predicted molar refractivity (Wildman–Crippen MR) is 148 cm³/mol. The van der Waals surface area contributed by atoms with Crippen molar-refractivity contribution in [1.29, 1.82) is 0 Å². The van der Waals surface area contributed by atoms with Crippen molar-refractivity contribution >= 4 is 40.6 Å². The Bertz CT molecular complexity index is 1260. The second kappa shape index (κ2) is 12.3. The van der Waals surface area contributed by atoms with Crippen molar-refractivity contribution in [3.05, 3.63) is 89.5 Å². The summed E-state index contributed by atoms with van der Waals surface area (Å²) in [5.41, 5.74) is 3.36. The highest BCUT2D eigenvalue weighted by Crippen LogP contribution is 2.28. The van der Waals surface area contributed by atoms with Crippen molar-refractivity contribution in [1.82, 2.24) is 10.2 Å². The molecule has 0 atom stereocenters. The third-order valence-corrected chi connectivity index (χ3v) is 6.29. The molecule has 1 aliphatic heterocycles. The number of nitrogens with zero attached hydrogens (tertiary/aromatic N) is 2. The zero-order valence-corrected chi connectivity index (χ0v) is 21.7. The van der Waals surface area contributed by atoms with Crippen molar-refractivity contribution in [2.24, 2.45) is 0 Å². The molecule has 0 bridgehead atoms. The first-order valence-electron chi connectivity index (χ1n) is 12.0. The van der Waals surface area contributed by atoms with E-state index in [2.05, 4.69) is 27.5 Å². The largest absolute Gasteiger partial charge is 0.489 e. The lowest BCUT2D eigenvalue weighted by molar-refractivity contribution is 0.0600. The highest BCUT2D eigenvalue weighted by Gasteiger charge is 2.20. The van der Waals surface area contributed by atoms with Crippen LogP contribution in [0.25, 0.3) is 0 Å². The lowest BCUT2D eigenvalue weighted by Gasteiger charge is -2.35. The van der Waals surface area contributed by atoms with E-state index in [9.17, 15) is 9.59 Å². The summed E-state index contributed by atoms with van der Waals surface area (Å²) < 4.78 is 10.7. The molecule has 0 aliphatic carbocycles. The van der Waals surface area contributed by atoms with Gasteiger partial charge in [-0.25, -0.2) is 4.79 Å². The molecule has 2 N–H and O–H groups in total. The van der Waals surface area contributed by atoms with Gasteiger partial charge >= 0.3 is 5.97 Å². The Labute approximate surface area is 222 Å². The molecule has 9 heteroatoms. The quantitative estimate of drug-likeness (QED) is 0.360. The van der Waals surface area contributed by atoms with Crippen LogP contribution in [-0.2, 0) is 11.3 Å². The van der Waals surface area contributed by atoms with Gasteiger partial charge < -0.3 is 24.6 Å². The molecule has 192 valence electrons. The maximum absolute atomic E-state index is 12.9. The molecule has 0 aromatic heterocycles. The van der Waals surface area contributed by atoms with Gasteiger partial charge in [-0.15, -0.1) is 0 Å². The minimum absolute atomic E-state index is 0.123. The Morgan fingerprint density at radius 3 is 2.41 bits per heavy atom. The number of thiocarbonyl (C=S) groups is 1. The summed E-state index contributed by atoms with van der Waals surface area (Å²) in [7, 11) is 3.43. The molecule has 0 radical (unpaired) electrons. The summed E-state index contributed by atoms with van der Waals surface area (Å²) in [6.45, 7) is 3.90. The van der Waals surface area contributed by atoms with E-state index in [1.165, 1.54) is 7.11 Å². The van der Waals surface area contributed by atoms with Gasteiger partial charge in [-0.05, 0) is 61.2 Å². The summed E-state index contributed by atoms with van der Waals surface area (Å²) in [5.74, 6) is -0.235. The predicted octanol–water partition coefficient (Wildman–Crippen LogP) is 3.93. The zero-order chi connectivity index (χ0) is 26.2. The average Bonchev–Trinajstić information content (AvgIpc) is 2.92. The standard InChI is InChI=1S/C28H30N4O4S/c1-31-13-15-32(16-14-31)25-12-11-22(27(34)35-2)18-24(25)29-28(37)30-26(33)21-9-6-10-23(17-21)36-19-20-7-4-3-5-8-20/h3-12,17-18H,13-16,19H2,1-2H3,(H2,29,30,33,37). The molecular weight excluding hydrogens is 488 g/mol. The number of anilines is 2. The monoisotopic (exact) mass is 518 g/mol. The lowest BCUT2D eigenvalue weighted by Crippen LogP contribution is -2.45. The van der Waals surface area contributed by atoms with Crippen molar-refractivity contribution < 1.29 is 19.1 Å². The van der Waals surface area contributed by atoms with E-state index < -0.39 is 5.97 Å². The number of methoxy groups -OCH3 is 1. The highest BCUT2D eigenvalue weighted by atomic mass is 32.1. The summed E-state index contributed by atoms with van der Waals surface area (Å²) >= 11 is 5.46. The van der Waals surface area contributed by atoms with E-state index in [4.69, 9.17) is 21.7 Å². The van der Waals surface area contributed by atoms with Crippen molar-refractivity contribution in [3.63, 3.8) is 0 Å². The number of likely N-dealkylation sites (N-methyl/N-ethyl adjacent to an activating group) is 1. The van der Waals surface area contributed by atoms with Crippen LogP contribution in [0.3, 0.4) is 0 Å². The second-order valence-corrected chi connectivity index (χ2v) is 9.13. The SMILES string of the molecule is COC(=O)c1ccc(N2CCN(C)CC2)c(NC(=S)NC(=O)c2cccc(OCc3ccccc3)c2)c1. The van der Waals surface area contributed by atoms with Crippen LogP contribution in [0, 0.1) is 0 Å². The molecular formula is C28H30N4O4S. The number of hydrogen-bond donors (Lipinski definition) is 2. The van der Waals surface area contributed by atoms with E-state index >= 15 is 0 Å². The van der Waals surface area contributed by atoms with Gasteiger partial charge in [-0.3, -0.25) is 10.1 Å². The Balaban J connectivity index is 1.44. The van der Waals surface area contributed by atoms with Crippen molar-refractivity contribution in [2.75, 3.05) is 50.6 Å². The Kier molecular flexibility index (Phi) is 8.71. The van der Waals surface area contributed by atoms with Gasteiger partial charge in [-0.1, -0.05) is 36.4 Å². The molecule has 0 saturated carbocycles. The molecule has 4 rings (SSSR count). The molecule has 3 aromatic carbocycles. The number of hydrogen-bond acceptors (Lipinski definition) is 7. The maximum Gasteiger partial charge on any atom is 0.337 e. The fourth-order valence-corrected chi connectivity index (χ4v) is 4.20. The number of ether oxygens (including phenoxy) is 2. The minimum atomic E-state index is -0.449. The average molecular weight is 519 g/mol. The first-order chi connectivity index (χ1) is 17.9. The van der Waals surface area contributed by atoms with Gasteiger partial charge in [0.05, 0.1) is 24.0 Å². The number of carbonyl (C=O) groups excluding carboxylic acids is 2. The Hall–Kier alpha value is -3.95. The molecule has 8 nitrogen and oxygen atoms in total. The summed E-state index contributed by atoms with van der Waals surface area (Å²) in [6.07, 6.45) is 0. The van der Waals surface area contributed by atoms with Crippen LogP contribution in [0.2, 0.25) is 0 Å². The highest BCUT2D eigenvalue weighted by molar-refractivity contribution is 7.80. The van der Waals surface area contributed by atoms with E-state index in [1.807, 2.05) is 36.4 Å². The van der Waals surface area contributed by atoms with Crippen molar-refractivity contribution in [2.45, 2.75) is 6.61 Å². The molecule has 1 amide bonds. The van der Waals surface area contributed by atoms with Gasteiger partial charge in [0.2, 0.25) is 0 Å². The number of rotatable bonds is 7. The molecule has 3 aromatic rings. The molecule has 1 heterocycles. The lowest BCUT2D eigenvalue weighted by atomic mass is 10.1. The van der Waals surface area contributed by atoms with Crippen LogP contribution in [-0.4, -0.2) is 62.2 Å². The van der Waals surface area contributed by atoms with Crippen LogP contribution in [0.1, 0.15) is 26.3 Å². The number of nitrogens with one attached hydrogen (secondary N) is 2. The third-order valence-electron chi connectivity index (χ3n) is 6.08.